The summed E-state index contributed by atoms with van der Waals surface area (Å²) in [5.74, 6) is -1.03. The number of anilines is 1. The summed E-state index contributed by atoms with van der Waals surface area (Å²) in [7, 11) is 0. The van der Waals surface area contributed by atoms with Gasteiger partial charge in [0.2, 0.25) is 0 Å². The lowest BCUT2D eigenvalue weighted by Gasteiger charge is -2.14. The van der Waals surface area contributed by atoms with E-state index in [9.17, 15) is 9.59 Å². The number of nitrogens with one attached hydrogen (secondary N) is 1. The van der Waals surface area contributed by atoms with Gasteiger partial charge >= 0.3 is 0 Å². The number of amides is 2. The van der Waals surface area contributed by atoms with E-state index < -0.39 is 12.0 Å². The van der Waals surface area contributed by atoms with Crippen LogP contribution in [-0.4, -0.2) is 24.5 Å². The van der Waals surface area contributed by atoms with Gasteiger partial charge in [-0.05, 0) is 31.5 Å². The Morgan fingerprint density at radius 1 is 1.55 bits per heavy atom. The molecule has 1 rings (SSSR count). The minimum absolute atomic E-state index is 0.157. The van der Waals surface area contributed by atoms with Crippen molar-refractivity contribution in [1.29, 1.82) is 0 Å². The molecule has 2 amide bonds. The number of carbonyl (C=O) groups excluding carboxylic acids is 2. The van der Waals surface area contributed by atoms with Crippen LogP contribution in [0.25, 0.3) is 0 Å². The molecule has 1 unspecified atom stereocenters. The van der Waals surface area contributed by atoms with E-state index in [2.05, 4.69) is 11.9 Å². The van der Waals surface area contributed by atoms with Crippen molar-refractivity contribution < 1.29 is 14.3 Å². The summed E-state index contributed by atoms with van der Waals surface area (Å²) in [5, 5.41) is 2.96. The summed E-state index contributed by atoms with van der Waals surface area (Å²) in [6.45, 7) is 5.59. The van der Waals surface area contributed by atoms with Gasteiger partial charge in [-0.25, -0.2) is 0 Å². The van der Waals surface area contributed by atoms with E-state index in [1.807, 2.05) is 0 Å². The Hall–Kier alpha value is -1.85. The quantitative estimate of drug-likeness (QED) is 0.598. The number of halogens is 1. The second kappa shape index (κ2) is 7.67. The average molecular weight is 297 g/mol. The van der Waals surface area contributed by atoms with Crippen LogP contribution in [0.2, 0.25) is 5.02 Å². The molecule has 0 aliphatic heterocycles. The zero-order chi connectivity index (χ0) is 15.1. The SMILES string of the molecule is C=CCCOC(C)C(=O)Nc1ccc(Cl)cc1C(N)=O. The van der Waals surface area contributed by atoms with E-state index in [0.717, 1.165) is 0 Å². The van der Waals surface area contributed by atoms with Crippen LogP contribution in [0.15, 0.2) is 30.9 Å². The Morgan fingerprint density at radius 2 is 2.25 bits per heavy atom. The third kappa shape index (κ3) is 4.68. The van der Waals surface area contributed by atoms with Crippen LogP contribution in [0.4, 0.5) is 5.69 Å². The number of benzene rings is 1. The molecule has 0 saturated carbocycles. The van der Waals surface area contributed by atoms with Gasteiger partial charge in [0, 0.05) is 5.02 Å². The lowest BCUT2D eigenvalue weighted by molar-refractivity contribution is -0.126. The number of hydrogen-bond acceptors (Lipinski definition) is 3. The molecule has 1 aromatic rings. The van der Waals surface area contributed by atoms with Crippen molar-refractivity contribution in [2.75, 3.05) is 11.9 Å². The van der Waals surface area contributed by atoms with Crippen LogP contribution in [0.5, 0.6) is 0 Å². The van der Waals surface area contributed by atoms with E-state index in [1.54, 1.807) is 19.1 Å². The number of ether oxygens (including phenoxy) is 1. The molecule has 1 atom stereocenters. The minimum Gasteiger partial charge on any atom is -0.368 e. The normalized spacial score (nSPS) is 11.7. The molecule has 20 heavy (non-hydrogen) atoms. The molecule has 0 saturated heterocycles. The summed E-state index contributed by atoms with van der Waals surface area (Å²) in [6, 6.07) is 4.49. The van der Waals surface area contributed by atoms with Crippen molar-refractivity contribution in [3.05, 3.63) is 41.4 Å². The van der Waals surface area contributed by atoms with Gasteiger partial charge in [0.1, 0.15) is 6.10 Å². The molecule has 0 aliphatic rings. The monoisotopic (exact) mass is 296 g/mol. The van der Waals surface area contributed by atoms with Crippen molar-refractivity contribution in [1.82, 2.24) is 0 Å². The van der Waals surface area contributed by atoms with E-state index >= 15 is 0 Å². The standard InChI is InChI=1S/C14H17ClN2O3/c1-3-4-7-20-9(2)14(19)17-12-6-5-10(15)8-11(12)13(16)18/h3,5-6,8-9H,1,4,7H2,2H3,(H2,16,18)(H,17,19). The second-order valence-electron chi connectivity index (χ2n) is 4.13. The van der Waals surface area contributed by atoms with Crippen LogP contribution in [0.1, 0.15) is 23.7 Å². The summed E-state index contributed by atoms with van der Waals surface area (Å²) >= 11 is 5.79. The van der Waals surface area contributed by atoms with E-state index in [-0.39, 0.29) is 11.5 Å². The minimum atomic E-state index is -0.664. The largest absolute Gasteiger partial charge is 0.368 e. The van der Waals surface area contributed by atoms with Crippen molar-refractivity contribution in [2.45, 2.75) is 19.4 Å². The Balaban J connectivity index is 2.75. The molecule has 5 nitrogen and oxygen atoms in total. The molecule has 0 bridgehead atoms. The van der Waals surface area contributed by atoms with Crippen LogP contribution in [-0.2, 0) is 9.53 Å². The highest BCUT2D eigenvalue weighted by Crippen LogP contribution is 2.20. The summed E-state index contributed by atoms with van der Waals surface area (Å²) in [5.41, 5.74) is 5.71. The summed E-state index contributed by atoms with van der Waals surface area (Å²) in [4.78, 5) is 23.2. The van der Waals surface area contributed by atoms with Gasteiger partial charge in [0.15, 0.2) is 0 Å². The van der Waals surface area contributed by atoms with Gasteiger partial charge in [0.05, 0.1) is 17.9 Å². The molecule has 0 aromatic heterocycles. The number of primary amides is 1. The molecule has 3 N–H and O–H groups in total. The Labute approximate surface area is 122 Å². The fourth-order valence-electron chi connectivity index (χ4n) is 1.47. The molecule has 0 fully saturated rings. The van der Waals surface area contributed by atoms with Gasteiger partial charge in [-0.1, -0.05) is 17.7 Å². The third-order valence-electron chi connectivity index (χ3n) is 2.56. The van der Waals surface area contributed by atoms with Gasteiger partial charge in [-0.3, -0.25) is 9.59 Å². The molecule has 0 aliphatic carbocycles. The second-order valence-corrected chi connectivity index (χ2v) is 4.57. The molecule has 108 valence electrons. The van der Waals surface area contributed by atoms with Crippen molar-refractivity contribution >= 4 is 29.1 Å². The maximum Gasteiger partial charge on any atom is 0.253 e. The molecule has 1 aromatic carbocycles. The van der Waals surface area contributed by atoms with Crippen molar-refractivity contribution in [3.8, 4) is 0 Å². The predicted molar refractivity (Wildman–Crippen MR) is 78.8 cm³/mol. The van der Waals surface area contributed by atoms with Gasteiger partial charge in [0.25, 0.3) is 11.8 Å². The summed E-state index contributed by atoms with van der Waals surface area (Å²) in [6.07, 6.45) is 1.71. The molecule has 6 heteroatoms. The van der Waals surface area contributed by atoms with Gasteiger partial charge in [-0.2, -0.15) is 0 Å². The summed E-state index contributed by atoms with van der Waals surface area (Å²) < 4.78 is 5.31. The van der Waals surface area contributed by atoms with E-state index in [1.165, 1.54) is 12.1 Å². The first-order chi connectivity index (χ1) is 9.45. The van der Waals surface area contributed by atoms with E-state index in [0.29, 0.717) is 23.7 Å². The molecular weight excluding hydrogens is 280 g/mol. The lowest BCUT2D eigenvalue weighted by atomic mass is 10.1. The van der Waals surface area contributed by atoms with Crippen LogP contribution < -0.4 is 11.1 Å². The van der Waals surface area contributed by atoms with E-state index in [4.69, 9.17) is 22.1 Å². The number of carbonyl (C=O) groups is 2. The van der Waals surface area contributed by atoms with Crippen LogP contribution in [0.3, 0.4) is 0 Å². The maximum atomic E-state index is 11.9. The Bertz CT molecular complexity index is 517. The smallest absolute Gasteiger partial charge is 0.253 e. The lowest BCUT2D eigenvalue weighted by Crippen LogP contribution is -2.29. The number of nitrogens with two attached hydrogens (primary N) is 1. The molecule has 0 radical (unpaired) electrons. The molecular formula is C14H17ClN2O3. The number of hydrogen-bond donors (Lipinski definition) is 2. The highest BCUT2D eigenvalue weighted by Gasteiger charge is 2.16. The first-order valence-electron chi connectivity index (χ1n) is 6.08. The fourth-order valence-corrected chi connectivity index (χ4v) is 1.64. The fraction of sp³-hybridized carbons (Fsp3) is 0.286. The van der Waals surface area contributed by atoms with Crippen molar-refractivity contribution in [2.24, 2.45) is 5.73 Å². The zero-order valence-corrected chi connectivity index (χ0v) is 11.9. The third-order valence-corrected chi connectivity index (χ3v) is 2.80. The van der Waals surface area contributed by atoms with Gasteiger partial charge in [-0.15, -0.1) is 6.58 Å². The maximum absolute atomic E-state index is 11.9. The van der Waals surface area contributed by atoms with Crippen LogP contribution >= 0.6 is 11.6 Å². The average Bonchev–Trinajstić information content (AvgIpc) is 2.40. The van der Waals surface area contributed by atoms with Crippen molar-refractivity contribution in [3.63, 3.8) is 0 Å². The zero-order valence-electron chi connectivity index (χ0n) is 11.2. The predicted octanol–water partition coefficient (Wildman–Crippen LogP) is 2.36. The Morgan fingerprint density at radius 3 is 2.85 bits per heavy atom. The van der Waals surface area contributed by atoms with Gasteiger partial charge < -0.3 is 15.8 Å². The Kier molecular flexibility index (Phi) is 6.21. The first kappa shape index (κ1) is 16.2. The molecule has 0 heterocycles. The highest BCUT2D eigenvalue weighted by molar-refractivity contribution is 6.31. The number of rotatable bonds is 7. The first-order valence-corrected chi connectivity index (χ1v) is 6.46. The highest BCUT2D eigenvalue weighted by atomic mass is 35.5. The molecule has 0 spiro atoms. The topological polar surface area (TPSA) is 81.4 Å². The van der Waals surface area contributed by atoms with Crippen LogP contribution in [0, 0.1) is 0 Å².